The van der Waals surface area contributed by atoms with Crippen molar-refractivity contribution in [3.05, 3.63) is 62.5 Å². The van der Waals surface area contributed by atoms with Gasteiger partial charge in [-0.1, -0.05) is 50.1 Å². The van der Waals surface area contributed by atoms with Gasteiger partial charge in [-0.05, 0) is 55.7 Å². The lowest BCUT2D eigenvalue weighted by molar-refractivity contribution is -0.146. The lowest BCUT2D eigenvalue weighted by Gasteiger charge is -2.23. The molecule has 0 aliphatic heterocycles. The normalized spacial score (nSPS) is 13.8. The van der Waals surface area contributed by atoms with E-state index in [-0.39, 0.29) is 4.90 Å². The van der Waals surface area contributed by atoms with Crippen LogP contribution in [-0.2, 0) is 26.0 Å². The van der Waals surface area contributed by atoms with Crippen LogP contribution < -0.4 is 4.72 Å². The van der Waals surface area contributed by atoms with E-state index in [4.69, 9.17) is 4.74 Å². The molecule has 0 saturated heterocycles. The standard InChI is InChI=1S/C19H21Br2NO4S/c1-12-5-4-6-16(9-12)27(24,25)22-13(2)17(19(23)26-3)10-14-7-8-15(20)11-18(14)21/h4-9,11,13,17,22H,10H2,1-3H3/t13-,17-/m1/s1. The number of esters is 1. The van der Waals surface area contributed by atoms with Gasteiger partial charge in [-0.2, -0.15) is 0 Å². The molecule has 0 heterocycles. The van der Waals surface area contributed by atoms with Gasteiger partial charge < -0.3 is 4.74 Å². The molecular formula is C19H21Br2NO4S. The number of hydrogen-bond donors (Lipinski definition) is 1. The van der Waals surface area contributed by atoms with Gasteiger partial charge in [-0.25, -0.2) is 13.1 Å². The van der Waals surface area contributed by atoms with Gasteiger partial charge in [0.1, 0.15) is 0 Å². The van der Waals surface area contributed by atoms with Crippen LogP contribution in [0.15, 0.2) is 56.3 Å². The van der Waals surface area contributed by atoms with Crippen molar-refractivity contribution in [3.8, 4) is 0 Å². The molecule has 0 fully saturated rings. The molecule has 2 aromatic carbocycles. The van der Waals surface area contributed by atoms with E-state index in [0.717, 1.165) is 20.1 Å². The third kappa shape index (κ3) is 5.88. The molecule has 1 N–H and O–H groups in total. The van der Waals surface area contributed by atoms with Crippen LogP contribution >= 0.6 is 31.9 Å². The van der Waals surface area contributed by atoms with Crippen LogP contribution in [0.4, 0.5) is 0 Å². The predicted octanol–water partition coefficient (Wildman–Crippen LogP) is 4.22. The molecule has 5 nitrogen and oxygen atoms in total. The second-order valence-corrected chi connectivity index (χ2v) is 9.78. The number of ether oxygens (including phenoxy) is 1. The van der Waals surface area contributed by atoms with Gasteiger partial charge >= 0.3 is 5.97 Å². The summed E-state index contributed by atoms with van der Waals surface area (Å²) in [6.45, 7) is 3.49. The van der Waals surface area contributed by atoms with Crippen molar-refractivity contribution in [1.82, 2.24) is 4.72 Å². The van der Waals surface area contributed by atoms with E-state index in [0.29, 0.717) is 6.42 Å². The third-order valence-corrected chi connectivity index (χ3v) is 6.99. The van der Waals surface area contributed by atoms with Crippen LogP contribution in [0.1, 0.15) is 18.1 Å². The average molecular weight is 519 g/mol. The van der Waals surface area contributed by atoms with E-state index in [1.54, 1.807) is 19.1 Å². The minimum atomic E-state index is -3.75. The topological polar surface area (TPSA) is 72.5 Å². The van der Waals surface area contributed by atoms with Crippen molar-refractivity contribution in [3.63, 3.8) is 0 Å². The Morgan fingerprint density at radius 3 is 2.48 bits per heavy atom. The van der Waals surface area contributed by atoms with Crippen molar-refractivity contribution < 1.29 is 17.9 Å². The van der Waals surface area contributed by atoms with Gasteiger partial charge in [-0.3, -0.25) is 4.79 Å². The molecule has 0 aromatic heterocycles. The Bertz CT molecular complexity index is 931. The maximum atomic E-state index is 12.7. The molecule has 2 rings (SSSR count). The van der Waals surface area contributed by atoms with Crippen molar-refractivity contribution >= 4 is 47.9 Å². The third-order valence-electron chi connectivity index (χ3n) is 4.20. The van der Waals surface area contributed by atoms with Crippen molar-refractivity contribution in [2.24, 2.45) is 5.92 Å². The first kappa shape index (κ1) is 22.1. The molecule has 2 atom stereocenters. The number of methoxy groups -OCH3 is 1. The van der Waals surface area contributed by atoms with Crippen molar-refractivity contribution in [2.45, 2.75) is 31.2 Å². The first-order chi connectivity index (χ1) is 12.6. The Morgan fingerprint density at radius 2 is 1.89 bits per heavy atom. The van der Waals surface area contributed by atoms with Crippen molar-refractivity contribution in [2.75, 3.05) is 7.11 Å². The second-order valence-electron chi connectivity index (χ2n) is 6.30. The van der Waals surface area contributed by atoms with Gasteiger partial charge in [0.15, 0.2) is 0 Å². The van der Waals surface area contributed by atoms with Crippen LogP contribution in [0, 0.1) is 12.8 Å². The van der Waals surface area contributed by atoms with E-state index < -0.39 is 28.0 Å². The summed E-state index contributed by atoms with van der Waals surface area (Å²) in [6, 6.07) is 11.6. The Kier molecular flexibility index (Phi) is 7.62. The van der Waals surface area contributed by atoms with Crippen LogP contribution in [-0.4, -0.2) is 27.5 Å². The fourth-order valence-corrected chi connectivity index (χ4v) is 5.31. The molecule has 0 aliphatic carbocycles. The first-order valence-corrected chi connectivity index (χ1v) is 11.3. The highest BCUT2D eigenvalue weighted by Crippen LogP contribution is 2.26. The fourth-order valence-electron chi connectivity index (χ4n) is 2.72. The van der Waals surface area contributed by atoms with Gasteiger partial charge in [0, 0.05) is 15.0 Å². The van der Waals surface area contributed by atoms with Gasteiger partial charge in [0.25, 0.3) is 0 Å². The van der Waals surface area contributed by atoms with Crippen LogP contribution in [0.3, 0.4) is 0 Å². The van der Waals surface area contributed by atoms with E-state index in [1.165, 1.54) is 13.2 Å². The smallest absolute Gasteiger partial charge is 0.310 e. The zero-order valence-corrected chi connectivity index (χ0v) is 19.2. The maximum Gasteiger partial charge on any atom is 0.310 e. The number of sulfonamides is 1. The summed E-state index contributed by atoms with van der Waals surface area (Å²) in [7, 11) is -2.46. The zero-order valence-electron chi connectivity index (χ0n) is 15.2. The molecular weight excluding hydrogens is 498 g/mol. The van der Waals surface area contributed by atoms with E-state index in [1.807, 2.05) is 31.2 Å². The molecule has 0 unspecified atom stereocenters. The Hall–Kier alpha value is -1.22. The number of rotatable bonds is 7. The van der Waals surface area contributed by atoms with Gasteiger partial charge in [0.05, 0.1) is 17.9 Å². The second kappa shape index (κ2) is 9.32. The molecule has 146 valence electrons. The quantitative estimate of drug-likeness (QED) is 0.557. The Morgan fingerprint density at radius 1 is 1.19 bits per heavy atom. The van der Waals surface area contributed by atoms with E-state index in [2.05, 4.69) is 36.6 Å². The summed E-state index contributed by atoms with van der Waals surface area (Å²) in [5.74, 6) is -1.14. The number of aryl methyl sites for hydroxylation is 1. The molecule has 0 amide bonds. The SMILES string of the molecule is COC(=O)[C@H](Cc1ccc(Br)cc1Br)[C@@H](C)NS(=O)(=O)c1cccc(C)c1. The summed E-state index contributed by atoms with van der Waals surface area (Å²) < 4.78 is 34.7. The lowest BCUT2D eigenvalue weighted by Crippen LogP contribution is -2.42. The minimum Gasteiger partial charge on any atom is -0.469 e. The Balaban J connectivity index is 2.26. The highest BCUT2D eigenvalue weighted by Gasteiger charge is 2.30. The zero-order chi connectivity index (χ0) is 20.2. The average Bonchev–Trinajstić information content (AvgIpc) is 2.60. The fraction of sp³-hybridized carbons (Fsp3) is 0.316. The highest BCUT2D eigenvalue weighted by molar-refractivity contribution is 9.11. The van der Waals surface area contributed by atoms with Crippen LogP contribution in [0.5, 0.6) is 0 Å². The molecule has 0 aliphatic rings. The number of benzene rings is 2. The first-order valence-electron chi connectivity index (χ1n) is 8.25. The summed E-state index contributed by atoms with van der Waals surface area (Å²) in [5, 5.41) is 0. The summed E-state index contributed by atoms with van der Waals surface area (Å²) in [5.41, 5.74) is 1.73. The predicted molar refractivity (Wildman–Crippen MR) is 112 cm³/mol. The molecule has 0 spiro atoms. The largest absolute Gasteiger partial charge is 0.469 e. The van der Waals surface area contributed by atoms with Crippen LogP contribution in [0.25, 0.3) is 0 Å². The number of halogens is 2. The molecule has 8 heteroatoms. The highest BCUT2D eigenvalue weighted by atomic mass is 79.9. The minimum absolute atomic E-state index is 0.169. The molecule has 0 bridgehead atoms. The summed E-state index contributed by atoms with van der Waals surface area (Å²) in [4.78, 5) is 12.5. The van der Waals surface area contributed by atoms with Crippen LogP contribution in [0.2, 0.25) is 0 Å². The van der Waals surface area contributed by atoms with Gasteiger partial charge in [-0.15, -0.1) is 0 Å². The van der Waals surface area contributed by atoms with E-state index in [9.17, 15) is 13.2 Å². The molecule has 0 radical (unpaired) electrons. The Labute approximate surface area is 176 Å². The number of hydrogen-bond acceptors (Lipinski definition) is 4. The lowest BCUT2D eigenvalue weighted by atomic mass is 9.93. The molecule has 0 saturated carbocycles. The van der Waals surface area contributed by atoms with Crippen molar-refractivity contribution in [1.29, 1.82) is 0 Å². The molecule has 2 aromatic rings. The van der Waals surface area contributed by atoms with E-state index >= 15 is 0 Å². The summed E-state index contributed by atoms with van der Waals surface area (Å²) >= 11 is 6.87. The summed E-state index contributed by atoms with van der Waals surface area (Å²) in [6.07, 6.45) is 0.331. The monoisotopic (exact) mass is 517 g/mol. The maximum absolute atomic E-state index is 12.7. The molecule has 27 heavy (non-hydrogen) atoms. The number of nitrogens with one attached hydrogen (secondary N) is 1. The van der Waals surface area contributed by atoms with Gasteiger partial charge in [0.2, 0.25) is 10.0 Å². The number of carbonyl (C=O) groups excluding carboxylic acids is 1. The number of carbonyl (C=O) groups is 1.